The molecule has 0 bridgehead atoms. The lowest BCUT2D eigenvalue weighted by atomic mass is 10.4. The Balaban J connectivity index is 2.01. The summed E-state index contributed by atoms with van der Waals surface area (Å²) in [7, 11) is 0. The highest BCUT2D eigenvalue weighted by molar-refractivity contribution is 7.17. The van der Waals surface area contributed by atoms with Crippen molar-refractivity contribution in [3.05, 3.63) is 39.8 Å². The van der Waals surface area contributed by atoms with Gasteiger partial charge in [-0.05, 0) is 31.3 Å². The Morgan fingerprint density at radius 2 is 2.47 bits per heavy atom. The number of thiophene rings is 1. The van der Waals surface area contributed by atoms with E-state index in [1.807, 2.05) is 24.4 Å². The van der Waals surface area contributed by atoms with Crippen molar-refractivity contribution in [2.75, 3.05) is 6.54 Å². The lowest BCUT2D eigenvalue weighted by Gasteiger charge is -2.02. The van der Waals surface area contributed by atoms with Gasteiger partial charge in [-0.2, -0.15) is 0 Å². The monoisotopic (exact) mass is 249 g/mol. The molecular formula is C12H15N3OS. The lowest BCUT2D eigenvalue weighted by molar-refractivity contribution is 0.666. The first-order valence-corrected chi connectivity index (χ1v) is 6.47. The minimum atomic E-state index is -0.0461. The van der Waals surface area contributed by atoms with Crippen molar-refractivity contribution in [1.29, 1.82) is 0 Å². The maximum Gasteiger partial charge on any atom is 0.268 e. The van der Waals surface area contributed by atoms with Crippen LogP contribution in [0.5, 0.6) is 0 Å². The van der Waals surface area contributed by atoms with Gasteiger partial charge in [0.1, 0.15) is 10.5 Å². The van der Waals surface area contributed by atoms with Crippen molar-refractivity contribution in [2.24, 2.45) is 0 Å². The summed E-state index contributed by atoms with van der Waals surface area (Å²) in [6.45, 7) is 3.48. The van der Waals surface area contributed by atoms with Crippen LogP contribution >= 0.6 is 11.3 Å². The zero-order valence-electron chi connectivity index (χ0n) is 9.69. The Morgan fingerprint density at radius 3 is 3.29 bits per heavy atom. The molecule has 0 amide bonds. The molecule has 2 aromatic rings. The second-order valence-corrected chi connectivity index (χ2v) is 4.60. The molecule has 4 nitrogen and oxygen atoms in total. The van der Waals surface area contributed by atoms with Gasteiger partial charge in [-0.25, -0.2) is 4.98 Å². The van der Waals surface area contributed by atoms with E-state index in [-0.39, 0.29) is 5.56 Å². The molecule has 0 atom stereocenters. The fourth-order valence-corrected chi connectivity index (χ4v) is 2.29. The van der Waals surface area contributed by atoms with E-state index < -0.39 is 0 Å². The number of aromatic nitrogens is 2. The van der Waals surface area contributed by atoms with Gasteiger partial charge in [0.25, 0.3) is 5.56 Å². The molecular weight excluding hydrogens is 234 g/mol. The molecule has 90 valence electrons. The Morgan fingerprint density at radius 1 is 1.59 bits per heavy atom. The summed E-state index contributed by atoms with van der Waals surface area (Å²) >= 11 is 1.42. The minimum Gasteiger partial charge on any atom is -0.310 e. The minimum absolute atomic E-state index is 0.0461. The van der Waals surface area contributed by atoms with E-state index >= 15 is 0 Å². The second-order valence-electron chi connectivity index (χ2n) is 3.68. The summed E-state index contributed by atoms with van der Waals surface area (Å²) in [6, 6.07) is 1.87. The number of rotatable bonds is 5. The maximum absolute atomic E-state index is 11.7. The Bertz CT molecular complexity index is 570. The summed E-state index contributed by atoms with van der Waals surface area (Å²) in [5, 5.41) is 5.13. The van der Waals surface area contributed by atoms with Gasteiger partial charge in [-0.3, -0.25) is 4.79 Å². The fraction of sp³-hybridized carbons (Fsp3) is 0.333. The average molecular weight is 249 g/mol. The Kier molecular flexibility index (Phi) is 4.06. The Hall–Kier alpha value is -1.46. The first-order valence-electron chi connectivity index (χ1n) is 5.59. The number of aromatic amines is 1. The van der Waals surface area contributed by atoms with Crippen LogP contribution in [-0.4, -0.2) is 16.5 Å². The Labute approximate surface area is 103 Å². The van der Waals surface area contributed by atoms with Gasteiger partial charge in [0.15, 0.2) is 0 Å². The van der Waals surface area contributed by atoms with Crippen molar-refractivity contribution >= 4 is 21.6 Å². The highest BCUT2D eigenvalue weighted by Gasteiger charge is 2.03. The molecule has 2 N–H and O–H groups in total. The van der Waals surface area contributed by atoms with Crippen molar-refractivity contribution in [2.45, 2.75) is 19.9 Å². The summed E-state index contributed by atoms with van der Waals surface area (Å²) in [5.41, 5.74) is 0.735. The topological polar surface area (TPSA) is 57.8 Å². The fourth-order valence-electron chi connectivity index (χ4n) is 1.56. The van der Waals surface area contributed by atoms with Crippen LogP contribution < -0.4 is 10.9 Å². The standard InChI is InChI=1S/C12H15N3OS/c1-2-3-4-6-13-8-10-14-9-5-7-17-11(9)12(16)15-10/h2-3,5,7,13H,4,6,8H2,1H3,(H,14,15,16)/b3-2+. The predicted molar refractivity (Wildman–Crippen MR) is 71.4 cm³/mol. The van der Waals surface area contributed by atoms with Crippen molar-refractivity contribution in [1.82, 2.24) is 15.3 Å². The smallest absolute Gasteiger partial charge is 0.268 e. The molecule has 0 aliphatic carbocycles. The van der Waals surface area contributed by atoms with Crippen molar-refractivity contribution in [3.8, 4) is 0 Å². The number of fused-ring (bicyclic) bond motifs is 1. The average Bonchev–Trinajstić information content (AvgIpc) is 2.77. The normalized spacial score (nSPS) is 11.6. The second kappa shape index (κ2) is 5.75. The van der Waals surface area contributed by atoms with E-state index in [4.69, 9.17) is 0 Å². The van der Waals surface area contributed by atoms with E-state index in [1.54, 1.807) is 0 Å². The van der Waals surface area contributed by atoms with Gasteiger partial charge in [0, 0.05) is 0 Å². The molecule has 2 rings (SSSR count). The summed E-state index contributed by atoms with van der Waals surface area (Å²) < 4.78 is 0.697. The lowest BCUT2D eigenvalue weighted by Crippen LogP contribution is -2.19. The molecule has 0 unspecified atom stereocenters. The zero-order valence-corrected chi connectivity index (χ0v) is 10.5. The van der Waals surface area contributed by atoms with E-state index in [1.165, 1.54) is 11.3 Å². The number of hydrogen-bond donors (Lipinski definition) is 2. The molecule has 0 saturated heterocycles. The molecule has 0 fully saturated rings. The van der Waals surface area contributed by atoms with Crippen LogP contribution in [0.25, 0.3) is 10.2 Å². The van der Waals surface area contributed by atoms with Crippen LogP contribution in [0.4, 0.5) is 0 Å². The molecule has 0 aliphatic rings. The van der Waals surface area contributed by atoms with E-state index in [0.717, 1.165) is 18.5 Å². The maximum atomic E-state index is 11.7. The van der Waals surface area contributed by atoms with Crippen LogP contribution in [0.15, 0.2) is 28.4 Å². The third-order valence-corrected chi connectivity index (χ3v) is 3.28. The van der Waals surface area contributed by atoms with Crippen LogP contribution in [0.2, 0.25) is 0 Å². The van der Waals surface area contributed by atoms with Crippen molar-refractivity contribution in [3.63, 3.8) is 0 Å². The van der Waals surface area contributed by atoms with Gasteiger partial charge >= 0.3 is 0 Å². The van der Waals surface area contributed by atoms with Gasteiger partial charge in [-0.1, -0.05) is 12.2 Å². The van der Waals surface area contributed by atoms with Gasteiger partial charge in [0.05, 0.1) is 12.1 Å². The van der Waals surface area contributed by atoms with Crippen LogP contribution in [0, 0.1) is 0 Å². The third-order valence-electron chi connectivity index (χ3n) is 2.38. The number of allylic oxidation sites excluding steroid dienone is 1. The van der Waals surface area contributed by atoms with Gasteiger partial charge in [0.2, 0.25) is 0 Å². The molecule has 17 heavy (non-hydrogen) atoms. The largest absolute Gasteiger partial charge is 0.310 e. The summed E-state index contributed by atoms with van der Waals surface area (Å²) in [4.78, 5) is 18.9. The number of H-pyrrole nitrogens is 1. The molecule has 0 aliphatic heterocycles. The summed E-state index contributed by atoms with van der Waals surface area (Å²) in [5.74, 6) is 0.696. The van der Waals surface area contributed by atoms with E-state index in [2.05, 4.69) is 21.4 Å². The number of nitrogens with one attached hydrogen (secondary N) is 2. The van der Waals surface area contributed by atoms with E-state index in [0.29, 0.717) is 17.1 Å². The third kappa shape index (κ3) is 3.01. The van der Waals surface area contributed by atoms with Gasteiger partial charge < -0.3 is 10.3 Å². The molecule has 5 heteroatoms. The summed E-state index contributed by atoms with van der Waals surface area (Å²) in [6.07, 6.45) is 5.12. The van der Waals surface area contributed by atoms with E-state index in [9.17, 15) is 4.79 Å². The number of nitrogens with zero attached hydrogens (tertiary/aromatic N) is 1. The quantitative estimate of drug-likeness (QED) is 0.630. The molecule has 2 aromatic heterocycles. The first kappa shape index (κ1) is 12.0. The molecule has 0 aromatic carbocycles. The highest BCUT2D eigenvalue weighted by atomic mass is 32.1. The van der Waals surface area contributed by atoms with Crippen LogP contribution in [-0.2, 0) is 6.54 Å². The predicted octanol–water partition coefficient (Wildman–Crippen LogP) is 2.04. The highest BCUT2D eigenvalue weighted by Crippen LogP contribution is 2.13. The molecule has 2 heterocycles. The van der Waals surface area contributed by atoms with Crippen LogP contribution in [0.1, 0.15) is 19.2 Å². The first-order chi connectivity index (χ1) is 8.31. The molecule has 0 saturated carbocycles. The SMILES string of the molecule is C/C=C/CCNCc1nc2ccsc2c(=O)[nH]1. The zero-order chi connectivity index (χ0) is 12.1. The molecule has 0 spiro atoms. The van der Waals surface area contributed by atoms with Gasteiger partial charge in [-0.15, -0.1) is 11.3 Å². The van der Waals surface area contributed by atoms with Crippen LogP contribution in [0.3, 0.4) is 0 Å². The number of hydrogen-bond acceptors (Lipinski definition) is 4. The van der Waals surface area contributed by atoms with Crippen molar-refractivity contribution < 1.29 is 0 Å². The molecule has 0 radical (unpaired) electrons.